The van der Waals surface area contributed by atoms with Crippen molar-refractivity contribution in [3.8, 4) is 0 Å². The average molecular weight is 456 g/mol. The van der Waals surface area contributed by atoms with Crippen molar-refractivity contribution < 1.29 is 29.2 Å². The normalized spacial score (nSPS) is 36.7. The number of rotatable bonds is 5. The van der Waals surface area contributed by atoms with Gasteiger partial charge in [0.2, 0.25) is 0 Å². The lowest BCUT2D eigenvalue weighted by molar-refractivity contribution is -0.356. The minimum Gasteiger partial charge on any atom is -0.395 e. The van der Waals surface area contributed by atoms with Gasteiger partial charge >= 0.3 is 0 Å². The summed E-state index contributed by atoms with van der Waals surface area (Å²) in [5.74, 6) is -1.35. The summed E-state index contributed by atoms with van der Waals surface area (Å²) in [6, 6.07) is 19.7. The Kier molecular flexibility index (Phi) is 6.20. The highest BCUT2D eigenvalue weighted by molar-refractivity contribution is 5.45. The van der Waals surface area contributed by atoms with Crippen LogP contribution in [-0.2, 0) is 24.4 Å². The van der Waals surface area contributed by atoms with Gasteiger partial charge in [0.1, 0.15) is 5.54 Å². The van der Waals surface area contributed by atoms with Crippen LogP contribution in [0.4, 0.5) is 5.69 Å². The van der Waals surface area contributed by atoms with Crippen molar-refractivity contribution in [1.82, 2.24) is 0 Å². The van der Waals surface area contributed by atoms with Crippen molar-refractivity contribution >= 4 is 5.69 Å². The maximum atomic E-state index is 10.1. The number of aliphatic hydroxyl groups excluding tert-OH is 2. The van der Waals surface area contributed by atoms with E-state index in [4.69, 9.17) is 18.9 Å². The average Bonchev–Trinajstić information content (AvgIpc) is 2.89. The number of hydrogen-bond acceptors (Lipinski definition) is 7. The summed E-state index contributed by atoms with van der Waals surface area (Å²) in [7, 11) is 0. The van der Waals surface area contributed by atoms with Crippen molar-refractivity contribution in [3.63, 3.8) is 0 Å². The van der Waals surface area contributed by atoms with Crippen LogP contribution in [-0.4, -0.2) is 67.0 Å². The fourth-order valence-electron chi connectivity index (χ4n) is 5.01. The number of ether oxygens (including phenoxy) is 4. The first-order valence-corrected chi connectivity index (χ1v) is 11.7. The maximum Gasteiger partial charge on any atom is 0.168 e. The lowest BCUT2D eigenvalue weighted by Gasteiger charge is -2.53. The molecule has 2 aliphatic heterocycles. The van der Waals surface area contributed by atoms with E-state index >= 15 is 0 Å². The molecule has 2 spiro atoms. The second kappa shape index (κ2) is 8.98. The Morgan fingerprint density at radius 2 is 1.12 bits per heavy atom. The maximum absolute atomic E-state index is 10.1. The van der Waals surface area contributed by atoms with E-state index in [1.165, 1.54) is 0 Å². The zero-order chi connectivity index (χ0) is 22.8. The van der Waals surface area contributed by atoms with Crippen LogP contribution in [0, 0.1) is 0 Å². The molecule has 2 aromatic carbocycles. The van der Waals surface area contributed by atoms with E-state index in [0.29, 0.717) is 52.1 Å². The van der Waals surface area contributed by atoms with Gasteiger partial charge in [-0.05, 0) is 17.7 Å². The lowest BCUT2D eigenvalue weighted by Crippen LogP contribution is -2.62. The van der Waals surface area contributed by atoms with Crippen molar-refractivity contribution in [3.05, 3.63) is 66.2 Å². The summed E-state index contributed by atoms with van der Waals surface area (Å²) in [6.07, 6.45) is 2.61. The second-order valence-corrected chi connectivity index (χ2v) is 9.71. The van der Waals surface area contributed by atoms with Crippen LogP contribution in [0.5, 0.6) is 0 Å². The molecule has 3 N–H and O–H groups in total. The Balaban J connectivity index is 1.19. The molecule has 0 amide bonds. The molecule has 3 fully saturated rings. The molecule has 7 heteroatoms. The van der Waals surface area contributed by atoms with Gasteiger partial charge in [0.25, 0.3) is 0 Å². The number of anilines is 1. The monoisotopic (exact) mass is 455 g/mol. The first kappa shape index (κ1) is 22.8. The largest absolute Gasteiger partial charge is 0.395 e. The predicted molar refractivity (Wildman–Crippen MR) is 123 cm³/mol. The van der Waals surface area contributed by atoms with Gasteiger partial charge in [0, 0.05) is 31.4 Å². The molecule has 0 bridgehead atoms. The summed E-state index contributed by atoms with van der Waals surface area (Å²) in [4.78, 5) is 0. The van der Waals surface area contributed by atoms with E-state index in [0.717, 1.165) is 11.3 Å². The second-order valence-electron chi connectivity index (χ2n) is 9.71. The van der Waals surface area contributed by atoms with Crippen molar-refractivity contribution in [2.24, 2.45) is 0 Å². The molecule has 0 aromatic heterocycles. The summed E-state index contributed by atoms with van der Waals surface area (Å²) in [5, 5.41) is 23.6. The Hall–Kier alpha value is -2.00. The van der Waals surface area contributed by atoms with Gasteiger partial charge in [0.15, 0.2) is 11.6 Å². The SMILES string of the molecule is OCC1(Nc2ccccc2)COC2(CCC3(CC2)OCC(CO)(c2ccccc2)CO3)OC1. The molecule has 33 heavy (non-hydrogen) atoms. The number of nitrogens with one attached hydrogen (secondary N) is 1. The molecule has 2 heterocycles. The molecular weight excluding hydrogens is 422 g/mol. The topological polar surface area (TPSA) is 89.4 Å². The van der Waals surface area contributed by atoms with Gasteiger partial charge in [0.05, 0.1) is 45.1 Å². The fraction of sp³-hybridized carbons (Fsp3) is 0.538. The van der Waals surface area contributed by atoms with Gasteiger partial charge in [-0.1, -0.05) is 48.5 Å². The summed E-state index contributed by atoms with van der Waals surface area (Å²) in [5.41, 5.74) is 0.742. The quantitative estimate of drug-likeness (QED) is 0.639. The van der Waals surface area contributed by atoms with Gasteiger partial charge in [-0.3, -0.25) is 0 Å². The molecule has 2 saturated heterocycles. The third kappa shape index (κ3) is 4.41. The Labute approximate surface area is 194 Å². The highest BCUT2D eigenvalue weighted by atomic mass is 16.7. The minimum atomic E-state index is -0.681. The molecule has 178 valence electrons. The molecule has 0 atom stereocenters. The van der Waals surface area contributed by atoms with E-state index in [-0.39, 0.29) is 13.2 Å². The van der Waals surface area contributed by atoms with Crippen LogP contribution in [0.1, 0.15) is 31.2 Å². The highest BCUT2D eigenvalue weighted by Crippen LogP contribution is 2.46. The standard InChI is InChI=1S/C26H33NO6/c28-15-23(21-7-3-1-4-8-21)17-30-25(31-18-23)11-13-26(14-12-25)32-19-24(16-29,20-33-26)27-22-9-5-2-6-10-22/h1-10,27-29H,11-20H2. The number of aliphatic hydroxyl groups is 2. The first-order chi connectivity index (χ1) is 16.0. The summed E-state index contributed by atoms with van der Waals surface area (Å²) in [6.45, 7) is 1.43. The highest BCUT2D eigenvalue weighted by Gasteiger charge is 2.53. The molecule has 1 aliphatic carbocycles. The van der Waals surface area contributed by atoms with Crippen molar-refractivity contribution in [2.75, 3.05) is 45.0 Å². The zero-order valence-corrected chi connectivity index (χ0v) is 18.9. The molecule has 7 nitrogen and oxygen atoms in total. The van der Waals surface area contributed by atoms with Crippen molar-refractivity contribution in [1.29, 1.82) is 0 Å². The van der Waals surface area contributed by atoms with Crippen LogP contribution in [0.15, 0.2) is 60.7 Å². The van der Waals surface area contributed by atoms with Crippen LogP contribution in [0.25, 0.3) is 0 Å². The lowest BCUT2D eigenvalue weighted by atomic mass is 9.80. The Morgan fingerprint density at radius 1 is 0.636 bits per heavy atom. The summed E-state index contributed by atoms with van der Waals surface area (Å²) < 4.78 is 25.1. The molecule has 5 rings (SSSR count). The molecule has 3 aliphatic rings. The minimum absolute atomic E-state index is 0.0269. The van der Waals surface area contributed by atoms with E-state index in [2.05, 4.69) is 5.32 Å². The third-order valence-corrected chi connectivity index (χ3v) is 7.39. The van der Waals surface area contributed by atoms with Gasteiger partial charge in [-0.15, -0.1) is 0 Å². The van der Waals surface area contributed by atoms with Crippen LogP contribution >= 0.6 is 0 Å². The Bertz CT molecular complexity index is 893. The van der Waals surface area contributed by atoms with E-state index < -0.39 is 22.5 Å². The van der Waals surface area contributed by atoms with Gasteiger partial charge in [-0.2, -0.15) is 0 Å². The van der Waals surface area contributed by atoms with E-state index in [1.807, 2.05) is 60.7 Å². The summed E-state index contributed by atoms with van der Waals surface area (Å²) >= 11 is 0. The number of benzene rings is 2. The molecule has 0 unspecified atom stereocenters. The molecular formula is C26H33NO6. The molecule has 0 radical (unpaired) electrons. The van der Waals surface area contributed by atoms with Gasteiger partial charge < -0.3 is 34.5 Å². The number of para-hydroxylation sites is 1. The van der Waals surface area contributed by atoms with E-state index in [1.54, 1.807) is 0 Å². The number of hydrogen-bond donors (Lipinski definition) is 3. The smallest absolute Gasteiger partial charge is 0.168 e. The van der Waals surface area contributed by atoms with E-state index in [9.17, 15) is 10.2 Å². The van der Waals surface area contributed by atoms with Gasteiger partial charge in [-0.25, -0.2) is 0 Å². The predicted octanol–water partition coefficient (Wildman–Crippen LogP) is 2.82. The molecule has 2 aromatic rings. The third-order valence-electron chi connectivity index (χ3n) is 7.39. The first-order valence-electron chi connectivity index (χ1n) is 11.7. The van der Waals surface area contributed by atoms with Crippen LogP contribution in [0.2, 0.25) is 0 Å². The van der Waals surface area contributed by atoms with Crippen molar-refractivity contribution in [2.45, 2.75) is 48.2 Å². The fourth-order valence-corrected chi connectivity index (χ4v) is 5.01. The van der Waals surface area contributed by atoms with Crippen LogP contribution < -0.4 is 5.32 Å². The Morgan fingerprint density at radius 3 is 1.61 bits per heavy atom. The molecule has 1 saturated carbocycles. The van der Waals surface area contributed by atoms with Crippen LogP contribution in [0.3, 0.4) is 0 Å². The zero-order valence-electron chi connectivity index (χ0n) is 18.9.